The molecule has 0 saturated carbocycles. The van der Waals surface area contributed by atoms with Crippen molar-refractivity contribution in [1.29, 1.82) is 0 Å². The van der Waals surface area contributed by atoms with E-state index in [9.17, 15) is 0 Å². The lowest BCUT2D eigenvalue weighted by molar-refractivity contribution is 0.442. The van der Waals surface area contributed by atoms with Crippen molar-refractivity contribution in [3.8, 4) is 0 Å². The SMILES string of the molecule is Cc1nc(N2CCN(c3ccccc3C)CC2C)c2c(C)noc2n1. The van der Waals surface area contributed by atoms with E-state index in [-0.39, 0.29) is 0 Å². The maximum atomic E-state index is 5.36. The number of anilines is 2. The summed E-state index contributed by atoms with van der Waals surface area (Å²) in [6.07, 6.45) is 0. The number of hydrogen-bond donors (Lipinski definition) is 0. The zero-order chi connectivity index (χ0) is 17.6. The van der Waals surface area contributed by atoms with Crippen molar-refractivity contribution in [2.24, 2.45) is 0 Å². The zero-order valence-electron chi connectivity index (χ0n) is 15.2. The summed E-state index contributed by atoms with van der Waals surface area (Å²) >= 11 is 0. The molecule has 130 valence electrons. The van der Waals surface area contributed by atoms with Crippen LogP contribution in [0.25, 0.3) is 11.1 Å². The largest absolute Gasteiger partial charge is 0.367 e. The van der Waals surface area contributed by atoms with E-state index in [2.05, 4.69) is 58.1 Å². The fourth-order valence-corrected chi connectivity index (χ4v) is 3.69. The van der Waals surface area contributed by atoms with Gasteiger partial charge in [-0.2, -0.15) is 4.98 Å². The van der Waals surface area contributed by atoms with Crippen molar-refractivity contribution in [2.75, 3.05) is 29.4 Å². The molecule has 1 aliphatic rings. The second-order valence-electron chi connectivity index (χ2n) is 6.82. The lowest BCUT2D eigenvalue weighted by atomic mass is 10.1. The number of piperazine rings is 1. The minimum Gasteiger partial charge on any atom is -0.367 e. The lowest BCUT2D eigenvalue weighted by Crippen LogP contribution is -2.52. The van der Waals surface area contributed by atoms with Gasteiger partial charge in [-0.15, -0.1) is 0 Å². The Balaban J connectivity index is 1.66. The molecule has 1 aliphatic heterocycles. The Labute approximate surface area is 147 Å². The van der Waals surface area contributed by atoms with Gasteiger partial charge < -0.3 is 14.3 Å². The van der Waals surface area contributed by atoms with Crippen molar-refractivity contribution in [2.45, 2.75) is 33.7 Å². The first-order chi connectivity index (χ1) is 12.0. The Bertz CT molecular complexity index is 919. The molecule has 0 radical (unpaired) electrons. The summed E-state index contributed by atoms with van der Waals surface area (Å²) < 4.78 is 5.36. The van der Waals surface area contributed by atoms with Gasteiger partial charge in [0.2, 0.25) is 0 Å². The molecule has 0 bridgehead atoms. The van der Waals surface area contributed by atoms with E-state index in [1.807, 2.05) is 13.8 Å². The summed E-state index contributed by atoms with van der Waals surface area (Å²) in [6.45, 7) is 11.1. The van der Waals surface area contributed by atoms with Crippen molar-refractivity contribution >= 4 is 22.6 Å². The number of fused-ring (bicyclic) bond motifs is 1. The third-order valence-electron chi connectivity index (χ3n) is 4.96. The fourth-order valence-electron chi connectivity index (χ4n) is 3.69. The average molecular weight is 337 g/mol. The van der Waals surface area contributed by atoms with Crippen LogP contribution in [0.15, 0.2) is 28.8 Å². The molecule has 2 aromatic heterocycles. The number of benzene rings is 1. The molecular weight excluding hydrogens is 314 g/mol. The smallest absolute Gasteiger partial charge is 0.263 e. The standard InChI is InChI=1S/C19H23N5O/c1-12-7-5-6-8-16(12)23-9-10-24(13(2)11-23)18-17-14(3)22-25-19(17)21-15(4)20-18/h5-8,13H,9-11H2,1-4H3. The predicted molar refractivity (Wildman–Crippen MR) is 99.3 cm³/mol. The first kappa shape index (κ1) is 15.9. The van der Waals surface area contributed by atoms with Gasteiger partial charge in [-0.3, -0.25) is 0 Å². The van der Waals surface area contributed by atoms with Crippen LogP contribution in [0.4, 0.5) is 11.5 Å². The molecule has 0 aliphatic carbocycles. The Morgan fingerprint density at radius 2 is 1.88 bits per heavy atom. The number of aromatic nitrogens is 3. The monoisotopic (exact) mass is 337 g/mol. The molecule has 0 N–H and O–H groups in total. The third-order valence-corrected chi connectivity index (χ3v) is 4.96. The quantitative estimate of drug-likeness (QED) is 0.715. The highest BCUT2D eigenvalue weighted by Gasteiger charge is 2.28. The molecule has 1 fully saturated rings. The van der Waals surface area contributed by atoms with E-state index in [0.717, 1.165) is 36.5 Å². The van der Waals surface area contributed by atoms with E-state index in [4.69, 9.17) is 9.51 Å². The molecule has 1 unspecified atom stereocenters. The molecule has 4 rings (SSSR count). The van der Waals surface area contributed by atoms with E-state index < -0.39 is 0 Å². The van der Waals surface area contributed by atoms with E-state index in [0.29, 0.717) is 17.6 Å². The zero-order valence-corrected chi connectivity index (χ0v) is 15.2. The van der Waals surface area contributed by atoms with E-state index in [1.165, 1.54) is 11.3 Å². The Kier molecular flexibility index (Phi) is 3.82. The summed E-state index contributed by atoms with van der Waals surface area (Å²) in [5.74, 6) is 1.66. The number of hydrogen-bond acceptors (Lipinski definition) is 6. The Morgan fingerprint density at radius 3 is 2.64 bits per heavy atom. The Morgan fingerprint density at radius 1 is 1.08 bits per heavy atom. The summed E-state index contributed by atoms with van der Waals surface area (Å²) in [5.41, 5.74) is 4.06. The summed E-state index contributed by atoms with van der Waals surface area (Å²) in [5, 5.41) is 5.01. The molecule has 3 aromatic rings. The van der Waals surface area contributed by atoms with Crippen molar-refractivity contribution in [3.63, 3.8) is 0 Å². The van der Waals surface area contributed by atoms with Crippen LogP contribution in [0.5, 0.6) is 0 Å². The molecule has 0 spiro atoms. The first-order valence-electron chi connectivity index (χ1n) is 8.72. The summed E-state index contributed by atoms with van der Waals surface area (Å²) in [7, 11) is 0. The van der Waals surface area contributed by atoms with Gasteiger partial charge in [0, 0.05) is 31.4 Å². The number of rotatable bonds is 2. The van der Waals surface area contributed by atoms with Crippen LogP contribution in [0.2, 0.25) is 0 Å². The maximum absolute atomic E-state index is 5.36. The Hall–Kier alpha value is -2.63. The minimum atomic E-state index is 0.333. The van der Waals surface area contributed by atoms with Crippen LogP contribution in [0.3, 0.4) is 0 Å². The van der Waals surface area contributed by atoms with Crippen molar-refractivity contribution in [1.82, 2.24) is 15.1 Å². The van der Waals surface area contributed by atoms with Crippen LogP contribution in [0.1, 0.15) is 24.0 Å². The average Bonchev–Trinajstić information content (AvgIpc) is 2.95. The van der Waals surface area contributed by atoms with Crippen LogP contribution in [0, 0.1) is 20.8 Å². The van der Waals surface area contributed by atoms with Gasteiger partial charge in [-0.25, -0.2) is 4.98 Å². The van der Waals surface area contributed by atoms with Crippen LogP contribution < -0.4 is 9.80 Å². The fraction of sp³-hybridized carbons (Fsp3) is 0.421. The van der Waals surface area contributed by atoms with Gasteiger partial charge in [0.05, 0.1) is 5.69 Å². The molecule has 1 saturated heterocycles. The van der Waals surface area contributed by atoms with Crippen LogP contribution in [-0.2, 0) is 0 Å². The van der Waals surface area contributed by atoms with Crippen LogP contribution in [-0.4, -0.2) is 40.8 Å². The molecule has 1 aromatic carbocycles. The third kappa shape index (κ3) is 2.71. The van der Waals surface area contributed by atoms with Gasteiger partial charge in [0.1, 0.15) is 17.0 Å². The van der Waals surface area contributed by atoms with Crippen molar-refractivity contribution < 1.29 is 4.52 Å². The molecule has 3 heterocycles. The number of para-hydroxylation sites is 1. The second kappa shape index (κ2) is 6.02. The van der Waals surface area contributed by atoms with Gasteiger partial charge >= 0.3 is 0 Å². The van der Waals surface area contributed by atoms with Crippen LogP contribution >= 0.6 is 0 Å². The lowest BCUT2D eigenvalue weighted by Gasteiger charge is -2.42. The summed E-state index contributed by atoms with van der Waals surface area (Å²) in [4.78, 5) is 13.9. The van der Waals surface area contributed by atoms with Gasteiger partial charge in [0.15, 0.2) is 0 Å². The van der Waals surface area contributed by atoms with Crippen molar-refractivity contribution in [3.05, 3.63) is 41.3 Å². The maximum Gasteiger partial charge on any atom is 0.263 e. The molecule has 1 atom stereocenters. The predicted octanol–water partition coefficient (Wildman–Crippen LogP) is 3.26. The molecule has 25 heavy (non-hydrogen) atoms. The highest BCUT2D eigenvalue weighted by molar-refractivity contribution is 5.88. The molecule has 6 heteroatoms. The van der Waals surface area contributed by atoms with Gasteiger partial charge in [0.25, 0.3) is 5.71 Å². The minimum absolute atomic E-state index is 0.333. The molecule has 0 amide bonds. The van der Waals surface area contributed by atoms with E-state index >= 15 is 0 Å². The van der Waals surface area contributed by atoms with Gasteiger partial charge in [-0.05, 0) is 39.3 Å². The first-order valence-corrected chi connectivity index (χ1v) is 8.72. The van der Waals surface area contributed by atoms with E-state index in [1.54, 1.807) is 0 Å². The summed E-state index contributed by atoms with van der Waals surface area (Å²) in [6, 6.07) is 8.91. The molecular formula is C19H23N5O. The normalized spacial score (nSPS) is 18.2. The number of nitrogens with zero attached hydrogens (tertiary/aromatic N) is 5. The molecule has 6 nitrogen and oxygen atoms in total. The second-order valence-corrected chi connectivity index (χ2v) is 6.82. The number of aryl methyl sites for hydroxylation is 3. The topological polar surface area (TPSA) is 58.3 Å². The highest BCUT2D eigenvalue weighted by Crippen LogP contribution is 2.31. The van der Waals surface area contributed by atoms with Gasteiger partial charge in [-0.1, -0.05) is 23.4 Å². The highest BCUT2D eigenvalue weighted by atomic mass is 16.5.